The molecule has 0 bridgehead atoms. The summed E-state index contributed by atoms with van der Waals surface area (Å²) in [7, 11) is 1.36. The summed E-state index contributed by atoms with van der Waals surface area (Å²) in [5.41, 5.74) is 0.383. The van der Waals surface area contributed by atoms with E-state index in [1.165, 1.54) is 18.9 Å². The van der Waals surface area contributed by atoms with Crippen molar-refractivity contribution in [2.75, 3.05) is 13.4 Å². The Labute approximate surface area is 89.9 Å². The minimum atomic E-state index is -0.333. The Hall–Kier alpha value is -1.56. The first-order valence-corrected chi connectivity index (χ1v) is 5.38. The number of methoxy groups -OCH3 is 1. The van der Waals surface area contributed by atoms with Gasteiger partial charge in [0, 0.05) is 6.08 Å². The first-order valence-electron chi connectivity index (χ1n) is 4.16. The molecular formula is C9H8N2O3S. The third-order valence-electron chi connectivity index (χ3n) is 2.04. The maximum absolute atomic E-state index is 11.7. The van der Waals surface area contributed by atoms with Crippen molar-refractivity contribution in [2.24, 2.45) is 0 Å². The lowest BCUT2D eigenvalue weighted by Gasteiger charge is -2.08. The molecule has 0 aliphatic heterocycles. The minimum absolute atomic E-state index is 0.0452. The lowest BCUT2D eigenvalue weighted by molar-refractivity contribution is 0.0911. The van der Waals surface area contributed by atoms with Gasteiger partial charge >= 0.3 is 0 Å². The largest absolute Gasteiger partial charge is 0.492 e. The second-order valence-corrected chi connectivity index (χ2v) is 3.67. The molecule has 1 aromatic heterocycles. The third-order valence-corrected chi connectivity index (χ3v) is 2.62. The average molecular weight is 224 g/mol. The lowest BCUT2D eigenvalue weighted by atomic mass is 10.0. The van der Waals surface area contributed by atoms with Gasteiger partial charge in [0.1, 0.15) is 11.4 Å². The molecule has 0 radical (unpaired) electrons. The van der Waals surface area contributed by atoms with Gasteiger partial charge in [0.25, 0.3) is 0 Å². The molecule has 6 heteroatoms. The number of ketones is 2. The Bertz CT molecular complexity index is 476. The predicted molar refractivity (Wildman–Crippen MR) is 54.1 cm³/mol. The summed E-state index contributed by atoms with van der Waals surface area (Å²) in [4.78, 5) is 30.0. The summed E-state index contributed by atoms with van der Waals surface area (Å²) in [6.45, 7) is 0. The van der Waals surface area contributed by atoms with E-state index in [2.05, 4.69) is 9.97 Å². The molecule has 1 aliphatic rings. The van der Waals surface area contributed by atoms with Crippen molar-refractivity contribution in [3.05, 3.63) is 23.2 Å². The van der Waals surface area contributed by atoms with Crippen LogP contribution in [0.1, 0.15) is 21.0 Å². The van der Waals surface area contributed by atoms with Crippen molar-refractivity contribution in [3.8, 4) is 0 Å². The number of imidazole rings is 1. The molecular weight excluding hydrogens is 216 g/mol. The zero-order valence-electron chi connectivity index (χ0n) is 8.16. The molecule has 5 nitrogen and oxygen atoms in total. The van der Waals surface area contributed by atoms with Crippen molar-refractivity contribution < 1.29 is 14.3 Å². The van der Waals surface area contributed by atoms with E-state index in [1.807, 2.05) is 6.26 Å². The Morgan fingerprint density at radius 2 is 2.20 bits per heavy atom. The number of aromatic amines is 1. The molecule has 1 N–H and O–H groups in total. The Balaban J connectivity index is 2.54. The number of hydrogen-bond acceptors (Lipinski definition) is 5. The van der Waals surface area contributed by atoms with Crippen molar-refractivity contribution in [1.82, 2.24) is 9.97 Å². The first-order chi connectivity index (χ1) is 7.17. The van der Waals surface area contributed by atoms with E-state index >= 15 is 0 Å². The number of carbonyl (C=O) groups is 2. The standard InChI is InChI=1S/C9H8N2O3S/c1-14-5-3-4(12)6-7(8(5)13)11-9(10-6)15-2/h3H,1-2H3,(H,10,11). The molecule has 0 fully saturated rings. The van der Waals surface area contributed by atoms with E-state index in [0.29, 0.717) is 5.16 Å². The molecule has 2 rings (SSSR count). The summed E-state index contributed by atoms with van der Waals surface area (Å²) in [6, 6.07) is 0. The highest BCUT2D eigenvalue weighted by Gasteiger charge is 2.30. The molecule has 0 unspecified atom stereocenters. The van der Waals surface area contributed by atoms with Crippen LogP contribution in [-0.4, -0.2) is 34.9 Å². The monoisotopic (exact) mass is 224 g/mol. The second kappa shape index (κ2) is 3.54. The number of carbonyl (C=O) groups excluding carboxylic acids is 2. The van der Waals surface area contributed by atoms with Crippen LogP contribution in [0.3, 0.4) is 0 Å². The van der Waals surface area contributed by atoms with Gasteiger partial charge in [0.05, 0.1) is 7.11 Å². The number of rotatable bonds is 2. The zero-order valence-corrected chi connectivity index (χ0v) is 8.97. The molecule has 0 aromatic carbocycles. The van der Waals surface area contributed by atoms with Gasteiger partial charge in [0.15, 0.2) is 10.9 Å². The number of aromatic nitrogens is 2. The van der Waals surface area contributed by atoms with Gasteiger partial charge in [-0.3, -0.25) is 9.59 Å². The Kier molecular flexibility index (Phi) is 2.36. The lowest BCUT2D eigenvalue weighted by Crippen LogP contribution is -2.17. The highest BCUT2D eigenvalue weighted by atomic mass is 32.2. The summed E-state index contributed by atoms with van der Waals surface area (Å²) in [5.74, 6) is -0.596. The zero-order chi connectivity index (χ0) is 11.0. The fraction of sp³-hybridized carbons (Fsp3) is 0.222. The third kappa shape index (κ3) is 1.46. The quantitative estimate of drug-likeness (QED) is 0.760. The van der Waals surface area contributed by atoms with Gasteiger partial charge in [-0.25, -0.2) is 4.98 Å². The smallest absolute Gasteiger partial charge is 0.246 e. The number of allylic oxidation sites excluding steroid dienone is 2. The van der Waals surface area contributed by atoms with E-state index in [0.717, 1.165) is 6.08 Å². The van der Waals surface area contributed by atoms with Gasteiger partial charge in [-0.05, 0) is 6.26 Å². The van der Waals surface area contributed by atoms with E-state index in [-0.39, 0.29) is 28.7 Å². The van der Waals surface area contributed by atoms with Gasteiger partial charge in [-0.1, -0.05) is 11.8 Å². The molecule has 1 aromatic rings. The number of H-pyrrole nitrogens is 1. The number of nitrogens with zero attached hydrogens (tertiary/aromatic N) is 1. The summed E-state index contributed by atoms with van der Waals surface area (Å²) in [5, 5.41) is 0.549. The van der Waals surface area contributed by atoms with Crippen LogP contribution < -0.4 is 0 Å². The number of Topliss-reactive ketones (excluding diaryl/α,β-unsaturated/α-hetero) is 1. The van der Waals surface area contributed by atoms with Gasteiger partial charge < -0.3 is 9.72 Å². The topological polar surface area (TPSA) is 72.0 Å². The van der Waals surface area contributed by atoms with E-state index in [1.54, 1.807) is 0 Å². The van der Waals surface area contributed by atoms with E-state index < -0.39 is 0 Å². The SMILES string of the molecule is COC1=CC(=O)c2nc(SC)[nH]c2C1=O. The van der Waals surface area contributed by atoms with Crippen LogP contribution in [0.25, 0.3) is 0 Å². The van der Waals surface area contributed by atoms with Gasteiger partial charge in [-0.2, -0.15) is 0 Å². The van der Waals surface area contributed by atoms with Crippen molar-refractivity contribution >= 4 is 23.3 Å². The summed E-state index contributed by atoms with van der Waals surface area (Å²) in [6.07, 6.45) is 2.97. The van der Waals surface area contributed by atoms with Crippen LogP contribution in [0, 0.1) is 0 Å². The Morgan fingerprint density at radius 1 is 1.47 bits per heavy atom. The molecule has 0 saturated heterocycles. The van der Waals surface area contributed by atoms with Gasteiger partial charge in [0.2, 0.25) is 11.6 Å². The van der Waals surface area contributed by atoms with Crippen molar-refractivity contribution in [3.63, 3.8) is 0 Å². The van der Waals surface area contributed by atoms with Crippen LogP contribution in [0.5, 0.6) is 0 Å². The van der Waals surface area contributed by atoms with Crippen LogP contribution in [-0.2, 0) is 4.74 Å². The first kappa shape index (κ1) is 9.97. The number of nitrogens with one attached hydrogen (secondary N) is 1. The molecule has 1 aliphatic carbocycles. The summed E-state index contributed by atoms with van der Waals surface area (Å²) >= 11 is 1.34. The number of hydrogen-bond donors (Lipinski definition) is 1. The van der Waals surface area contributed by atoms with Crippen molar-refractivity contribution in [1.29, 1.82) is 0 Å². The predicted octanol–water partition coefficient (Wildman–Crippen LogP) is 1.04. The molecule has 1 heterocycles. The molecule has 0 atom stereocenters. The highest BCUT2D eigenvalue weighted by Crippen LogP contribution is 2.22. The molecule has 0 spiro atoms. The Morgan fingerprint density at radius 3 is 2.80 bits per heavy atom. The molecule has 0 amide bonds. The maximum Gasteiger partial charge on any atom is 0.246 e. The number of ether oxygens (including phenoxy) is 1. The minimum Gasteiger partial charge on any atom is -0.492 e. The molecule has 78 valence electrons. The van der Waals surface area contributed by atoms with E-state index in [9.17, 15) is 9.59 Å². The summed E-state index contributed by atoms with van der Waals surface area (Å²) < 4.78 is 4.81. The van der Waals surface area contributed by atoms with Crippen LogP contribution in [0.15, 0.2) is 17.0 Å². The average Bonchev–Trinajstić information content (AvgIpc) is 2.68. The number of fused-ring (bicyclic) bond motifs is 1. The van der Waals surface area contributed by atoms with Gasteiger partial charge in [-0.15, -0.1) is 0 Å². The van der Waals surface area contributed by atoms with Crippen molar-refractivity contribution in [2.45, 2.75) is 5.16 Å². The van der Waals surface area contributed by atoms with E-state index in [4.69, 9.17) is 4.74 Å². The number of thioether (sulfide) groups is 1. The normalized spacial score (nSPS) is 14.9. The fourth-order valence-corrected chi connectivity index (χ4v) is 1.71. The van der Waals surface area contributed by atoms with Crippen LogP contribution >= 0.6 is 11.8 Å². The highest BCUT2D eigenvalue weighted by molar-refractivity contribution is 7.98. The fourth-order valence-electron chi connectivity index (χ4n) is 1.32. The molecule has 15 heavy (non-hydrogen) atoms. The maximum atomic E-state index is 11.7. The van der Waals surface area contributed by atoms with Crippen LogP contribution in [0.2, 0.25) is 0 Å². The molecule has 0 saturated carbocycles. The van der Waals surface area contributed by atoms with Crippen LogP contribution in [0.4, 0.5) is 0 Å². The second-order valence-electron chi connectivity index (χ2n) is 2.88.